The van der Waals surface area contributed by atoms with Crippen LogP contribution in [0, 0.1) is 0 Å². The number of hydrogen-bond acceptors (Lipinski definition) is 3. The molecule has 0 aromatic carbocycles. The Hall–Kier alpha value is -1.61. The molecule has 3 heteroatoms. The van der Waals surface area contributed by atoms with Crippen LogP contribution in [0.25, 0.3) is 0 Å². The van der Waals surface area contributed by atoms with Gasteiger partial charge in [0, 0.05) is 6.42 Å². The lowest BCUT2D eigenvalue weighted by Gasteiger charge is -2.18. The average molecular weight is 656 g/mol. The zero-order chi connectivity index (χ0) is 34.5. The van der Waals surface area contributed by atoms with E-state index in [2.05, 4.69) is 82.3 Å². The highest BCUT2D eigenvalue weighted by atomic mass is 16.5. The van der Waals surface area contributed by atoms with Gasteiger partial charge in [-0.15, -0.1) is 0 Å². The summed E-state index contributed by atoms with van der Waals surface area (Å²) in [6.45, 7) is 7.75. The van der Waals surface area contributed by atoms with Crippen LogP contribution >= 0.6 is 0 Å². The Labute approximate surface area is 295 Å². The van der Waals surface area contributed by atoms with Crippen molar-refractivity contribution in [3.05, 3.63) is 48.1 Å². The maximum absolute atomic E-state index is 12.5. The highest BCUT2D eigenvalue weighted by Crippen LogP contribution is 2.18. The van der Waals surface area contributed by atoms with Gasteiger partial charge in [0.2, 0.25) is 0 Å². The van der Waals surface area contributed by atoms with Crippen molar-refractivity contribution in [2.75, 3.05) is 20.6 Å². The molecule has 0 aromatic heterocycles. The number of allylic oxidation sites excluding steroid dienone is 8. The van der Waals surface area contributed by atoms with E-state index in [-0.39, 0.29) is 12.1 Å². The van der Waals surface area contributed by atoms with E-state index < -0.39 is 0 Å². The van der Waals surface area contributed by atoms with Gasteiger partial charge in [-0.05, 0) is 124 Å². The van der Waals surface area contributed by atoms with Crippen LogP contribution in [0.5, 0.6) is 0 Å². The second kappa shape index (κ2) is 37.2. The average Bonchev–Trinajstić information content (AvgIpc) is 3.04. The fraction of sp³-hybridized carbons (Fsp3) is 0.795. The molecule has 3 nitrogen and oxygen atoms in total. The van der Waals surface area contributed by atoms with Gasteiger partial charge in [-0.25, -0.2) is 0 Å². The minimum atomic E-state index is 0.00656. The highest BCUT2D eigenvalue weighted by Gasteiger charge is 2.14. The van der Waals surface area contributed by atoms with Crippen molar-refractivity contribution in [1.29, 1.82) is 0 Å². The Balaban J connectivity index is 4.06. The van der Waals surface area contributed by atoms with Gasteiger partial charge in [0.05, 0.1) is 0 Å². The van der Waals surface area contributed by atoms with E-state index in [1.807, 2.05) is 0 Å². The molecule has 0 aromatic rings. The monoisotopic (exact) mass is 656 g/mol. The molecule has 0 bridgehead atoms. The molecule has 0 saturated carbocycles. The summed E-state index contributed by atoms with van der Waals surface area (Å²) < 4.78 is 6.01. The van der Waals surface area contributed by atoms with Crippen molar-refractivity contribution in [3.63, 3.8) is 0 Å². The van der Waals surface area contributed by atoms with E-state index >= 15 is 0 Å². The standard InChI is InChI=1S/C44H81NO2/c1-6-8-10-11-12-13-14-15-16-17-18-19-23-26-29-33-38-43(47-44(46)40-35-41-45(4)5)39-34-30-27-24-21-20-22-25-28-32-37-42(3)36-31-9-7-2/h12-13,15-16,25,28,37,43H,6-11,14,17-24,26-27,29-36,38-41H2,1-5H3. The third-order valence-corrected chi connectivity index (χ3v) is 9.10. The Morgan fingerprint density at radius 1 is 0.553 bits per heavy atom. The van der Waals surface area contributed by atoms with Crippen LogP contribution in [-0.4, -0.2) is 37.6 Å². The molecule has 47 heavy (non-hydrogen) atoms. The second-order valence-corrected chi connectivity index (χ2v) is 14.3. The normalized spacial score (nSPS) is 13.2. The summed E-state index contributed by atoms with van der Waals surface area (Å²) in [5, 5.41) is 0. The van der Waals surface area contributed by atoms with Crippen molar-refractivity contribution in [1.82, 2.24) is 4.90 Å². The molecule has 0 N–H and O–H groups in total. The van der Waals surface area contributed by atoms with Crippen molar-refractivity contribution in [2.24, 2.45) is 0 Å². The van der Waals surface area contributed by atoms with E-state index in [1.165, 1.54) is 141 Å². The molecule has 0 aliphatic carbocycles. The molecule has 0 rings (SSSR count). The maximum atomic E-state index is 12.5. The number of carbonyl (C=O) groups is 1. The SMILES string of the molecule is CCCCCC=CCC=CCCCCCCCCC(CCCCCCCCC=CCC=C(C)CCCCC)OC(=O)CCCN(C)C. The Kier molecular flexibility index (Phi) is 35.9. The van der Waals surface area contributed by atoms with Crippen LogP contribution in [0.2, 0.25) is 0 Å². The number of esters is 1. The first-order valence-corrected chi connectivity index (χ1v) is 20.4. The first-order chi connectivity index (χ1) is 23.0. The van der Waals surface area contributed by atoms with E-state index in [0.29, 0.717) is 6.42 Å². The molecule has 0 aliphatic rings. The Morgan fingerprint density at radius 3 is 1.55 bits per heavy atom. The van der Waals surface area contributed by atoms with Crippen molar-refractivity contribution < 1.29 is 9.53 Å². The lowest BCUT2D eigenvalue weighted by atomic mass is 10.0. The van der Waals surface area contributed by atoms with Crippen LogP contribution in [0.4, 0.5) is 0 Å². The largest absolute Gasteiger partial charge is 0.462 e. The van der Waals surface area contributed by atoms with Gasteiger partial charge < -0.3 is 9.64 Å². The first kappa shape index (κ1) is 45.4. The van der Waals surface area contributed by atoms with Crippen LogP contribution in [-0.2, 0) is 9.53 Å². The lowest BCUT2D eigenvalue weighted by molar-refractivity contribution is -0.150. The van der Waals surface area contributed by atoms with Gasteiger partial charge in [-0.1, -0.05) is 139 Å². The van der Waals surface area contributed by atoms with E-state index in [9.17, 15) is 4.79 Å². The predicted octanol–water partition coefficient (Wildman–Crippen LogP) is 14.0. The van der Waals surface area contributed by atoms with Gasteiger partial charge >= 0.3 is 5.97 Å². The molecule has 0 radical (unpaired) electrons. The summed E-state index contributed by atoms with van der Waals surface area (Å²) in [5.41, 5.74) is 1.55. The smallest absolute Gasteiger partial charge is 0.306 e. The zero-order valence-electron chi connectivity index (χ0n) is 32.4. The minimum absolute atomic E-state index is 0.00656. The van der Waals surface area contributed by atoms with Crippen molar-refractivity contribution in [3.8, 4) is 0 Å². The molecular formula is C44H81NO2. The molecule has 0 aliphatic heterocycles. The highest BCUT2D eigenvalue weighted by molar-refractivity contribution is 5.69. The summed E-state index contributed by atoms with van der Waals surface area (Å²) in [6, 6.07) is 0. The fourth-order valence-electron chi connectivity index (χ4n) is 5.99. The number of rotatable bonds is 35. The van der Waals surface area contributed by atoms with Crippen LogP contribution in [0.3, 0.4) is 0 Å². The molecule has 1 unspecified atom stereocenters. The van der Waals surface area contributed by atoms with Crippen molar-refractivity contribution >= 4 is 5.97 Å². The second-order valence-electron chi connectivity index (χ2n) is 14.3. The number of carbonyl (C=O) groups excluding carboxylic acids is 1. The summed E-state index contributed by atoms with van der Waals surface area (Å²) >= 11 is 0. The third kappa shape index (κ3) is 37.1. The van der Waals surface area contributed by atoms with Crippen molar-refractivity contribution in [2.45, 2.75) is 207 Å². The molecule has 0 saturated heterocycles. The van der Waals surface area contributed by atoms with Gasteiger partial charge in [-0.3, -0.25) is 4.79 Å². The lowest BCUT2D eigenvalue weighted by Crippen LogP contribution is -2.20. The molecule has 0 fully saturated rings. The molecule has 0 spiro atoms. The number of unbranched alkanes of at least 4 members (excludes halogenated alkanes) is 17. The fourth-order valence-corrected chi connectivity index (χ4v) is 5.99. The van der Waals surface area contributed by atoms with Gasteiger partial charge in [-0.2, -0.15) is 0 Å². The molecule has 0 heterocycles. The third-order valence-electron chi connectivity index (χ3n) is 9.10. The van der Waals surface area contributed by atoms with Gasteiger partial charge in [0.1, 0.15) is 6.10 Å². The molecule has 1 atom stereocenters. The molecule has 0 amide bonds. The number of hydrogen-bond donors (Lipinski definition) is 0. The summed E-state index contributed by atoms with van der Waals surface area (Å²) in [7, 11) is 4.12. The quantitative estimate of drug-likeness (QED) is 0.0386. The minimum Gasteiger partial charge on any atom is -0.462 e. The summed E-state index contributed by atoms with van der Waals surface area (Å²) in [4.78, 5) is 14.7. The van der Waals surface area contributed by atoms with Gasteiger partial charge in [0.15, 0.2) is 0 Å². The maximum Gasteiger partial charge on any atom is 0.306 e. The Morgan fingerprint density at radius 2 is 1.02 bits per heavy atom. The predicted molar refractivity (Wildman–Crippen MR) is 210 cm³/mol. The zero-order valence-corrected chi connectivity index (χ0v) is 32.4. The van der Waals surface area contributed by atoms with Crippen LogP contribution in [0.15, 0.2) is 48.1 Å². The Bertz CT molecular complexity index is 778. The molecule has 274 valence electrons. The number of ether oxygens (including phenoxy) is 1. The summed E-state index contributed by atoms with van der Waals surface area (Å²) in [6.07, 6.45) is 50.6. The first-order valence-electron chi connectivity index (χ1n) is 20.4. The van der Waals surface area contributed by atoms with E-state index in [0.717, 1.165) is 38.6 Å². The van der Waals surface area contributed by atoms with E-state index in [1.54, 1.807) is 5.57 Å². The molecular weight excluding hydrogens is 574 g/mol. The summed E-state index contributed by atoms with van der Waals surface area (Å²) in [5.74, 6) is 0.00656. The number of nitrogens with zero attached hydrogens (tertiary/aromatic N) is 1. The van der Waals surface area contributed by atoms with E-state index in [4.69, 9.17) is 4.74 Å². The van der Waals surface area contributed by atoms with Crippen LogP contribution in [0.1, 0.15) is 201 Å². The van der Waals surface area contributed by atoms with Gasteiger partial charge in [0.25, 0.3) is 0 Å². The topological polar surface area (TPSA) is 29.5 Å². The van der Waals surface area contributed by atoms with Crippen LogP contribution < -0.4 is 0 Å².